The molecule has 1 aliphatic heterocycles. The van der Waals surface area contributed by atoms with Crippen molar-refractivity contribution in [2.24, 2.45) is 5.92 Å². The van der Waals surface area contributed by atoms with Gasteiger partial charge in [0.25, 0.3) is 0 Å². The summed E-state index contributed by atoms with van der Waals surface area (Å²) in [7, 11) is 0. The first-order chi connectivity index (χ1) is 20.5. The summed E-state index contributed by atoms with van der Waals surface area (Å²) >= 11 is 0. The van der Waals surface area contributed by atoms with E-state index in [-0.39, 0.29) is 25.2 Å². The van der Waals surface area contributed by atoms with Crippen LogP contribution in [0.2, 0.25) is 0 Å². The Hall–Kier alpha value is -1.99. The second kappa shape index (κ2) is 23.5. The highest BCUT2D eigenvalue weighted by atomic mass is 16.6. The quantitative estimate of drug-likeness (QED) is 0.0899. The van der Waals surface area contributed by atoms with Gasteiger partial charge in [0, 0.05) is 31.6 Å². The zero-order valence-electron chi connectivity index (χ0n) is 27.2. The van der Waals surface area contributed by atoms with Crippen LogP contribution in [-0.2, 0) is 32.1 Å². The first-order valence-electron chi connectivity index (χ1n) is 17.2. The first-order valence-corrected chi connectivity index (χ1v) is 17.2. The van der Waals surface area contributed by atoms with Crippen molar-refractivity contribution < 1.29 is 28.4 Å². The fourth-order valence-electron chi connectivity index (χ4n) is 5.69. The SMILES string of the molecule is CCCCCCCCCCCCCCCCCCOC[C@H]1CO[C@H](COC(=O)N(Cc2cccc[n+]2CC)C(C)=O)C1. The number of hydrogen-bond donors (Lipinski definition) is 0. The summed E-state index contributed by atoms with van der Waals surface area (Å²) in [5, 5.41) is 0. The predicted molar refractivity (Wildman–Crippen MR) is 168 cm³/mol. The summed E-state index contributed by atoms with van der Waals surface area (Å²) in [6.07, 6.45) is 23.9. The number of ether oxygens (including phenoxy) is 3. The van der Waals surface area contributed by atoms with Crippen molar-refractivity contribution in [3.8, 4) is 0 Å². The van der Waals surface area contributed by atoms with Crippen LogP contribution >= 0.6 is 0 Å². The highest BCUT2D eigenvalue weighted by Gasteiger charge is 2.29. The number of carbonyl (C=O) groups is 2. The smallest absolute Gasteiger partial charge is 0.417 e. The van der Waals surface area contributed by atoms with Crippen LogP contribution < -0.4 is 4.57 Å². The van der Waals surface area contributed by atoms with Gasteiger partial charge in [0.15, 0.2) is 6.20 Å². The molecule has 1 aromatic rings. The number of imide groups is 1. The molecule has 0 N–H and O–H groups in total. The molecule has 1 saturated heterocycles. The fourth-order valence-corrected chi connectivity index (χ4v) is 5.69. The van der Waals surface area contributed by atoms with Gasteiger partial charge >= 0.3 is 6.09 Å². The maximum atomic E-state index is 12.7. The number of carbonyl (C=O) groups excluding carboxylic acids is 2. The Balaban J connectivity index is 1.42. The molecule has 2 atom stereocenters. The summed E-state index contributed by atoms with van der Waals surface area (Å²) in [5.41, 5.74) is 0.880. The van der Waals surface area contributed by atoms with E-state index in [1.54, 1.807) is 0 Å². The van der Waals surface area contributed by atoms with Gasteiger partial charge in [-0.2, -0.15) is 0 Å². The van der Waals surface area contributed by atoms with Crippen LogP contribution in [0.3, 0.4) is 0 Å². The lowest BCUT2D eigenvalue weighted by Crippen LogP contribution is -2.43. The third-order valence-corrected chi connectivity index (χ3v) is 8.35. The van der Waals surface area contributed by atoms with Crippen molar-refractivity contribution in [3.05, 3.63) is 30.1 Å². The average Bonchev–Trinajstić information content (AvgIpc) is 3.45. The van der Waals surface area contributed by atoms with Crippen LogP contribution in [0.15, 0.2) is 24.4 Å². The van der Waals surface area contributed by atoms with Crippen molar-refractivity contribution in [3.63, 3.8) is 0 Å². The Labute approximate surface area is 256 Å². The van der Waals surface area contributed by atoms with Crippen molar-refractivity contribution >= 4 is 12.0 Å². The van der Waals surface area contributed by atoms with E-state index in [1.165, 1.54) is 103 Å². The molecule has 7 nitrogen and oxygen atoms in total. The molecule has 0 bridgehead atoms. The van der Waals surface area contributed by atoms with Crippen molar-refractivity contribution in [1.82, 2.24) is 4.90 Å². The minimum Gasteiger partial charge on any atom is -0.446 e. The summed E-state index contributed by atoms with van der Waals surface area (Å²) in [4.78, 5) is 26.0. The molecular weight excluding hydrogens is 528 g/mol. The minimum atomic E-state index is -0.624. The standard InChI is InChI=1S/C35H61N2O5/c1-4-6-7-8-9-10-11-12-13-14-15-16-17-18-19-22-25-40-28-32-26-34(41-29-32)30-42-35(39)37(31(3)38)27-33-23-20-21-24-36(33)5-2/h20-21,23-24,32,34H,4-19,22,25-30H2,1-3H3/q+1/t32-,34-/m0/s1. The average molecular weight is 590 g/mol. The number of aryl methyl sites for hydroxylation is 1. The second-order valence-electron chi connectivity index (χ2n) is 12.1. The molecule has 7 heteroatoms. The number of amides is 2. The number of rotatable bonds is 24. The van der Waals surface area contributed by atoms with Gasteiger partial charge in [-0.3, -0.25) is 4.79 Å². The summed E-state index contributed by atoms with van der Waals surface area (Å²) < 4.78 is 19.2. The van der Waals surface area contributed by atoms with E-state index < -0.39 is 6.09 Å². The van der Waals surface area contributed by atoms with Crippen molar-refractivity contribution in [2.45, 2.75) is 149 Å². The molecule has 42 heavy (non-hydrogen) atoms. The van der Waals surface area contributed by atoms with Gasteiger partial charge < -0.3 is 14.2 Å². The largest absolute Gasteiger partial charge is 0.446 e. The molecule has 1 fully saturated rings. The molecule has 2 amide bonds. The number of unbranched alkanes of at least 4 members (excludes halogenated alkanes) is 15. The maximum absolute atomic E-state index is 12.7. The van der Waals surface area contributed by atoms with E-state index in [1.807, 2.05) is 35.9 Å². The zero-order chi connectivity index (χ0) is 30.3. The molecule has 0 unspecified atom stereocenters. The molecule has 0 aliphatic carbocycles. The lowest BCUT2D eigenvalue weighted by molar-refractivity contribution is -0.701. The number of pyridine rings is 1. The van der Waals surface area contributed by atoms with Crippen LogP contribution in [0.1, 0.15) is 136 Å². The van der Waals surface area contributed by atoms with E-state index in [0.29, 0.717) is 19.1 Å². The summed E-state index contributed by atoms with van der Waals surface area (Å²) in [5.74, 6) is -0.00860. The molecule has 0 aromatic carbocycles. The summed E-state index contributed by atoms with van der Waals surface area (Å²) in [6.45, 7) is 8.91. The number of nitrogens with zero attached hydrogens (tertiary/aromatic N) is 2. The molecular formula is C35H61N2O5+. The van der Waals surface area contributed by atoms with Crippen LogP contribution in [0, 0.1) is 5.92 Å². The molecule has 2 rings (SSSR count). The third-order valence-electron chi connectivity index (χ3n) is 8.35. The Kier molecular flexibility index (Phi) is 20.2. The molecule has 0 spiro atoms. The Morgan fingerprint density at radius 2 is 1.45 bits per heavy atom. The predicted octanol–water partition coefficient (Wildman–Crippen LogP) is 8.16. The van der Waals surface area contributed by atoms with Gasteiger partial charge in [-0.25, -0.2) is 14.3 Å². The van der Waals surface area contributed by atoms with Crippen molar-refractivity contribution in [2.75, 3.05) is 26.4 Å². The van der Waals surface area contributed by atoms with E-state index in [9.17, 15) is 9.59 Å². The lowest BCUT2D eigenvalue weighted by Gasteiger charge is -2.19. The van der Waals surface area contributed by atoms with Crippen LogP contribution in [0.25, 0.3) is 0 Å². The highest BCUT2D eigenvalue weighted by Crippen LogP contribution is 2.21. The number of hydrogen-bond acceptors (Lipinski definition) is 5. The first kappa shape index (κ1) is 36.2. The minimum absolute atomic E-state index is 0.149. The van der Waals surface area contributed by atoms with Crippen LogP contribution in [0.5, 0.6) is 0 Å². The van der Waals surface area contributed by atoms with E-state index >= 15 is 0 Å². The Morgan fingerprint density at radius 3 is 2.02 bits per heavy atom. The fraction of sp³-hybridized carbons (Fsp3) is 0.800. The molecule has 0 radical (unpaired) electrons. The van der Waals surface area contributed by atoms with Gasteiger partial charge in [-0.1, -0.05) is 109 Å². The van der Waals surface area contributed by atoms with Gasteiger partial charge in [-0.05, 0) is 19.8 Å². The van der Waals surface area contributed by atoms with E-state index in [2.05, 4.69) is 6.92 Å². The normalized spacial score (nSPS) is 16.5. The monoisotopic (exact) mass is 589 g/mol. The molecule has 1 aliphatic rings. The van der Waals surface area contributed by atoms with Gasteiger partial charge in [0.1, 0.15) is 19.7 Å². The lowest BCUT2D eigenvalue weighted by atomic mass is 10.0. The van der Waals surface area contributed by atoms with Crippen molar-refractivity contribution in [1.29, 1.82) is 0 Å². The Bertz CT molecular complexity index is 848. The van der Waals surface area contributed by atoms with Gasteiger partial charge in [0.2, 0.25) is 11.6 Å². The van der Waals surface area contributed by atoms with E-state index in [4.69, 9.17) is 14.2 Å². The highest BCUT2D eigenvalue weighted by molar-refractivity contribution is 5.90. The van der Waals surface area contributed by atoms with Gasteiger partial charge in [-0.15, -0.1) is 0 Å². The molecule has 2 heterocycles. The van der Waals surface area contributed by atoms with Crippen LogP contribution in [0.4, 0.5) is 4.79 Å². The van der Waals surface area contributed by atoms with Gasteiger partial charge in [0.05, 0.1) is 19.3 Å². The molecule has 0 saturated carbocycles. The Morgan fingerprint density at radius 1 is 0.857 bits per heavy atom. The summed E-state index contributed by atoms with van der Waals surface area (Å²) in [6, 6.07) is 5.75. The topological polar surface area (TPSA) is 69.0 Å². The second-order valence-corrected chi connectivity index (χ2v) is 12.1. The van der Waals surface area contributed by atoms with Crippen LogP contribution in [-0.4, -0.2) is 49.4 Å². The molecule has 240 valence electrons. The molecule has 1 aromatic heterocycles. The van der Waals surface area contributed by atoms with E-state index in [0.717, 1.165) is 36.6 Å². The number of aromatic nitrogens is 1. The zero-order valence-corrected chi connectivity index (χ0v) is 27.2. The third kappa shape index (κ3) is 16.0. The maximum Gasteiger partial charge on any atom is 0.417 e.